The topological polar surface area (TPSA) is 69.7 Å². The maximum absolute atomic E-state index is 12.0. The molecule has 1 amide bonds. The van der Waals surface area contributed by atoms with Crippen LogP contribution in [0.15, 0.2) is 24.3 Å². The number of amides is 1. The van der Waals surface area contributed by atoms with Crippen LogP contribution in [-0.2, 0) is 27.9 Å². The highest BCUT2D eigenvalue weighted by Gasteiger charge is 2.29. The third kappa shape index (κ3) is 5.28. The quantitative estimate of drug-likeness (QED) is 0.815. The van der Waals surface area contributed by atoms with Crippen LogP contribution < -0.4 is 5.32 Å². The first-order valence-electron chi connectivity index (χ1n) is 9.47. The molecule has 2 saturated heterocycles. The van der Waals surface area contributed by atoms with Crippen molar-refractivity contribution in [2.45, 2.75) is 39.3 Å². The molecule has 2 fully saturated rings. The van der Waals surface area contributed by atoms with Crippen molar-refractivity contribution >= 4 is 15.9 Å². The van der Waals surface area contributed by atoms with Gasteiger partial charge in [-0.1, -0.05) is 31.2 Å². The van der Waals surface area contributed by atoms with Crippen LogP contribution in [0.4, 0.5) is 0 Å². The van der Waals surface area contributed by atoms with Crippen LogP contribution >= 0.6 is 0 Å². The summed E-state index contributed by atoms with van der Waals surface area (Å²) in [5.41, 5.74) is 2.32. The third-order valence-electron chi connectivity index (χ3n) is 5.18. The Bertz CT molecular complexity index is 718. The molecule has 0 aromatic heterocycles. The first-order valence-corrected chi connectivity index (χ1v) is 11.1. The van der Waals surface area contributed by atoms with Crippen molar-refractivity contribution in [1.82, 2.24) is 14.5 Å². The van der Waals surface area contributed by atoms with Gasteiger partial charge >= 0.3 is 0 Å². The van der Waals surface area contributed by atoms with Gasteiger partial charge in [0.05, 0.1) is 12.3 Å². The third-order valence-corrected chi connectivity index (χ3v) is 7.09. The monoisotopic (exact) mass is 379 g/mol. The Hall–Kier alpha value is -1.44. The summed E-state index contributed by atoms with van der Waals surface area (Å²) in [5, 5.41) is 2.81. The Balaban J connectivity index is 1.44. The average molecular weight is 380 g/mol. The van der Waals surface area contributed by atoms with E-state index in [2.05, 4.69) is 29.3 Å². The second-order valence-electron chi connectivity index (χ2n) is 7.58. The van der Waals surface area contributed by atoms with E-state index in [1.807, 2.05) is 12.1 Å². The molecule has 1 aromatic rings. The van der Waals surface area contributed by atoms with E-state index < -0.39 is 10.0 Å². The minimum absolute atomic E-state index is 0.0758. The number of rotatable bonds is 6. The lowest BCUT2D eigenvalue weighted by molar-refractivity contribution is -0.121. The fourth-order valence-corrected chi connectivity index (χ4v) is 5.21. The van der Waals surface area contributed by atoms with Crippen LogP contribution in [0.3, 0.4) is 0 Å². The SMILES string of the molecule is CC1CCCN(Cc2ccc(CNC(=O)CN3CCCS3(=O)=O)cc2)C1. The number of likely N-dealkylation sites (tertiary alicyclic amines) is 1. The molecule has 0 aliphatic carbocycles. The summed E-state index contributed by atoms with van der Waals surface area (Å²) >= 11 is 0. The van der Waals surface area contributed by atoms with Gasteiger partial charge < -0.3 is 5.32 Å². The molecule has 2 aliphatic heterocycles. The lowest BCUT2D eigenvalue weighted by Gasteiger charge is -2.30. The van der Waals surface area contributed by atoms with Crippen molar-refractivity contribution in [2.24, 2.45) is 5.92 Å². The van der Waals surface area contributed by atoms with Crippen molar-refractivity contribution in [3.8, 4) is 0 Å². The van der Waals surface area contributed by atoms with E-state index in [-0.39, 0.29) is 18.2 Å². The van der Waals surface area contributed by atoms with Crippen molar-refractivity contribution in [2.75, 3.05) is 31.9 Å². The number of carbonyl (C=O) groups is 1. The fraction of sp³-hybridized carbons (Fsp3) is 0.632. The Morgan fingerprint density at radius 1 is 1.15 bits per heavy atom. The van der Waals surface area contributed by atoms with Gasteiger partial charge in [0.25, 0.3) is 0 Å². The van der Waals surface area contributed by atoms with Crippen molar-refractivity contribution < 1.29 is 13.2 Å². The maximum atomic E-state index is 12.0. The molecule has 2 aliphatic rings. The number of piperidine rings is 1. The molecular formula is C19H29N3O3S. The number of hydrogen-bond donors (Lipinski definition) is 1. The van der Waals surface area contributed by atoms with Gasteiger partial charge in [-0.25, -0.2) is 8.42 Å². The van der Waals surface area contributed by atoms with E-state index in [9.17, 15) is 13.2 Å². The summed E-state index contributed by atoms with van der Waals surface area (Å²) in [6.07, 6.45) is 3.21. The summed E-state index contributed by atoms with van der Waals surface area (Å²) in [7, 11) is -3.22. The molecular weight excluding hydrogens is 350 g/mol. The normalized spacial score (nSPS) is 23.8. The molecule has 26 heavy (non-hydrogen) atoms. The van der Waals surface area contributed by atoms with Crippen LogP contribution in [-0.4, -0.2) is 55.5 Å². The maximum Gasteiger partial charge on any atom is 0.235 e. The number of nitrogens with zero attached hydrogens (tertiary/aromatic N) is 2. The Morgan fingerprint density at radius 2 is 1.88 bits per heavy atom. The van der Waals surface area contributed by atoms with E-state index >= 15 is 0 Å². The first kappa shape index (κ1) is 19.3. The second-order valence-corrected chi connectivity index (χ2v) is 9.67. The molecule has 0 saturated carbocycles. The van der Waals surface area contributed by atoms with Crippen LogP contribution in [0, 0.1) is 5.92 Å². The Kier molecular flexibility index (Phi) is 6.32. The van der Waals surface area contributed by atoms with E-state index in [1.54, 1.807) is 0 Å². The van der Waals surface area contributed by atoms with Gasteiger partial charge in [-0.15, -0.1) is 0 Å². The lowest BCUT2D eigenvalue weighted by Crippen LogP contribution is -2.37. The number of hydrogen-bond acceptors (Lipinski definition) is 4. The lowest BCUT2D eigenvalue weighted by atomic mass is 9.99. The molecule has 0 bridgehead atoms. The molecule has 7 heteroatoms. The van der Waals surface area contributed by atoms with Gasteiger partial charge in [0.15, 0.2) is 0 Å². The summed E-state index contributed by atoms with van der Waals surface area (Å²) in [5.74, 6) is 0.678. The van der Waals surface area contributed by atoms with E-state index in [1.165, 1.54) is 29.3 Å². The van der Waals surface area contributed by atoms with E-state index in [4.69, 9.17) is 0 Å². The number of benzene rings is 1. The molecule has 3 rings (SSSR count). The van der Waals surface area contributed by atoms with Crippen molar-refractivity contribution in [3.05, 3.63) is 35.4 Å². The summed E-state index contributed by atoms with van der Waals surface area (Å²) in [4.78, 5) is 14.5. The summed E-state index contributed by atoms with van der Waals surface area (Å²) < 4.78 is 24.7. The number of carbonyl (C=O) groups excluding carboxylic acids is 1. The molecule has 0 radical (unpaired) electrons. The predicted octanol–water partition coefficient (Wildman–Crippen LogP) is 1.57. The van der Waals surface area contributed by atoms with Crippen LogP contribution in [0.25, 0.3) is 0 Å². The van der Waals surface area contributed by atoms with Gasteiger partial charge in [-0.2, -0.15) is 4.31 Å². The summed E-state index contributed by atoms with van der Waals surface area (Å²) in [6.45, 7) is 6.41. The second kappa shape index (κ2) is 8.50. The molecule has 6 nitrogen and oxygen atoms in total. The smallest absolute Gasteiger partial charge is 0.235 e. The highest BCUT2D eigenvalue weighted by Crippen LogP contribution is 2.18. The van der Waals surface area contributed by atoms with Crippen molar-refractivity contribution in [3.63, 3.8) is 0 Å². The molecule has 1 N–H and O–H groups in total. The van der Waals surface area contributed by atoms with E-state index in [0.717, 1.165) is 24.6 Å². The highest BCUT2D eigenvalue weighted by atomic mass is 32.2. The predicted molar refractivity (Wildman–Crippen MR) is 102 cm³/mol. The zero-order valence-electron chi connectivity index (χ0n) is 15.5. The largest absolute Gasteiger partial charge is 0.351 e. The zero-order chi connectivity index (χ0) is 18.6. The van der Waals surface area contributed by atoms with Crippen molar-refractivity contribution in [1.29, 1.82) is 0 Å². The van der Waals surface area contributed by atoms with Gasteiger partial charge in [-0.3, -0.25) is 9.69 Å². The fourth-order valence-electron chi connectivity index (χ4n) is 3.74. The highest BCUT2D eigenvalue weighted by molar-refractivity contribution is 7.89. The first-order chi connectivity index (χ1) is 12.4. The number of sulfonamides is 1. The van der Waals surface area contributed by atoms with Gasteiger partial charge in [0.2, 0.25) is 15.9 Å². The Labute approximate surface area is 156 Å². The molecule has 1 unspecified atom stereocenters. The minimum atomic E-state index is -3.22. The minimum Gasteiger partial charge on any atom is -0.351 e. The molecule has 144 valence electrons. The standard InChI is InChI=1S/C19H29N3O3S/c1-16-4-2-9-21(13-16)14-18-7-5-17(6-8-18)12-20-19(23)15-22-10-3-11-26(22,24)25/h5-8,16H,2-4,9-15H2,1H3,(H,20,23). The summed E-state index contributed by atoms with van der Waals surface area (Å²) in [6, 6.07) is 8.31. The molecule has 0 spiro atoms. The van der Waals surface area contributed by atoms with Gasteiger partial charge in [0, 0.05) is 26.2 Å². The number of nitrogens with one attached hydrogen (secondary N) is 1. The average Bonchev–Trinajstić information content (AvgIpc) is 2.93. The van der Waals surface area contributed by atoms with Crippen LogP contribution in [0.1, 0.15) is 37.3 Å². The van der Waals surface area contributed by atoms with Crippen LogP contribution in [0.2, 0.25) is 0 Å². The van der Waals surface area contributed by atoms with Crippen LogP contribution in [0.5, 0.6) is 0 Å². The molecule has 1 aromatic carbocycles. The van der Waals surface area contributed by atoms with E-state index in [0.29, 0.717) is 19.5 Å². The van der Waals surface area contributed by atoms with Gasteiger partial charge in [-0.05, 0) is 42.9 Å². The zero-order valence-corrected chi connectivity index (χ0v) is 16.3. The van der Waals surface area contributed by atoms with Gasteiger partial charge in [0.1, 0.15) is 0 Å². The molecule has 1 atom stereocenters. The Morgan fingerprint density at radius 3 is 2.54 bits per heavy atom. The molecule has 2 heterocycles.